The second-order valence-corrected chi connectivity index (χ2v) is 6.56. The van der Waals surface area contributed by atoms with Crippen molar-refractivity contribution in [1.82, 2.24) is 0 Å². The summed E-state index contributed by atoms with van der Waals surface area (Å²) in [6.45, 7) is 0. The molecular formula is C16H14ClIO2. The van der Waals surface area contributed by atoms with Gasteiger partial charge in [-0.15, -0.1) is 0 Å². The second-order valence-electron chi connectivity index (χ2n) is 4.96. The zero-order chi connectivity index (χ0) is 14.1. The van der Waals surface area contributed by atoms with Crippen LogP contribution in [-0.4, -0.2) is 11.2 Å². The minimum Gasteiger partial charge on any atom is -0.490 e. The fourth-order valence-electron chi connectivity index (χ4n) is 2.04. The van der Waals surface area contributed by atoms with Crippen molar-refractivity contribution in [2.75, 3.05) is 0 Å². The number of aliphatic hydroxyl groups excluding tert-OH is 1. The third-order valence-electron chi connectivity index (χ3n) is 3.25. The molecule has 0 spiro atoms. The lowest BCUT2D eigenvalue weighted by atomic mass is 10.0. The highest BCUT2D eigenvalue weighted by molar-refractivity contribution is 14.1. The van der Waals surface area contributed by atoms with E-state index in [1.807, 2.05) is 42.5 Å². The molecule has 20 heavy (non-hydrogen) atoms. The van der Waals surface area contributed by atoms with Gasteiger partial charge in [0.15, 0.2) is 0 Å². The minimum absolute atomic E-state index is 0.355. The van der Waals surface area contributed by atoms with E-state index in [1.54, 1.807) is 0 Å². The van der Waals surface area contributed by atoms with Crippen molar-refractivity contribution in [2.45, 2.75) is 25.0 Å². The van der Waals surface area contributed by atoms with Crippen molar-refractivity contribution in [3.8, 4) is 5.75 Å². The summed E-state index contributed by atoms with van der Waals surface area (Å²) in [6.07, 6.45) is 1.91. The molecule has 1 saturated carbocycles. The lowest BCUT2D eigenvalue weighted by molar-refractivity contribution is 0.218. The van der Waals surface area contributed by atoms with E-state index in [4.69, 9.17) is 16.3 Å². The number of aliphatic hydroxyl groups is 1. The minimum atomic E-state index is -0.691. The maximum atomic E-state index is 10.6. The van der Waals surface area contributed by atoms with Crippen LogP contribution in [0, 0.1) is 3.57 Å². The molecule has 1 aliphatic rings. The van der Waals surface area contributed by atoms with E-state index in [0.29, 0.717) is 11.1 Å². The van der Waals surface area contributed by atoms with Gasteiger partial charge in [0.25, 0.3) is 0 Å². The fraction of sp³-hybridized carbons (Fsp3) is 0.250. The SMILES string of the molecule is OC(c1cccc(OC2CC2)c1)c1cc(Cl)ccc1I. The lowest BCUT2D eigenvalue weighted by Crippen LogP contribution is -2.03. The Morgan fingerprint density at radius 2 is 2.00 bits per heavy atom. The Hall–Kier alpha value is -0.780. The maximum absolute atomic E-state index is 10.6. The van der Waals surface area contributed by atoms with Crippen molar-refractivity contribution in [3.05, 3.63) is 62.2 Å². The van der Waals surface area contributed by atoms with Gasteiger partial charge in [-0.2, -0.15) is 0 Å². The van der Waals surface area contributed by atoms with Gasteiger partial charge in [0.05, 0.1) is 6.10 Å². The number of hydrogen-bond acceptors (Lipinski definition) is 2. The first kappa shape index (κ1) is 14.2. The summed E-state index contributed by atoms with van der Waals surface area (Å²) in [5, 5.41) is 11.2. The molecule has 1 unspecified atom stereocenters. The molecule has 0 saturated heterocycles. The Bertz CT molecular complexity index is 626. The van der Waals surface area contributed by atoms with Crippen LogP contribution in [0.1, 0.15) is 30.1 Å². The van der Waals surface area contributed by atoms with E-state index in [1.165, 1.54) is 0 Å². The standard InChI is InChI=1S/C16H14ClIO2/c17-11-4-7-15(18)14(9-11)16(19)10-2-1-3-13(8-10)20-12-5-6-12/h1-4,7-9,12,16,19H,5-6H2. The van der Waals surface area contributed by atoms with E-state index in [2.05, 4.69) is 22.6 Å². The van der Waals surface area contributed by atoms with Crippen LogP contribution in [0.15, 0.2) is 42.5 Å². The van der Waals surface area contributed by atoms with Gasteiger partial charge in [-0.25, -0.2) is 0 Å². The highest BCUT2D eigenvalue weighted by atomic mass is 127. The zero-order valence-corrected chi connectivity index (χ0v) is 13.6. The lowest BCUT2D eigenvalue weighted by Gasteiger charge is -2.15. The monoisotopic (exact) mass is 400 g/mol. The molecule has 0 bridgehead atoms. The van der Waals surface area contributed by atoms with Crippen LogP contribution >= 0.6 is 34.2 Å². The molecule has 1 N–H and O–H groups in total. The maximum Gasteiger partial charge on any atom is 0.120 e. The fourth-order valence-corrected chi connectivity index (χ4v) is 2.85. The van der Waals surface area contributed by atoms with Gasteiger partial charge in [-0.1, -0.05) is 23.7 Å². The Labute approximate surface area is 136 Å². The number of halogens is 2. The molecule has 1 fully saturated rings. The van der Waals surface area contributed by atoms with E-state index in [9.17, 15) is 5.11 Å². The Morgan fingerprint density at radius 3 is 2.75 bits per heavy atom. The molecule has 1 atom stereocenters. The number of rotatable bonds is 4. The van der Waals surface area contributed by atoms with Crippen molar-refractivity contribution in [2.24, 2.45) is 0 Å². The number of ether oxygens (including phenoxy) is 1. The summed E-state index contributed by atoms with van der Waals surface area (Å²) in [6, 6.07) is 13.2. The van der Waals surface area contributed by atoms with Crippen LogP contribution in [0.3, 0.4) is 0 Å². The Morgan fingerprint density at radius 1 is 1.20 bits per heavy atom. The summed E-state index contributed by atoms with van der Waals surface area (Å²) >= 11 is 8.23. The van der Waals surface area contributed by atoms with Gasteiger partial charge in [-0.05, 0) is 76.9 Å². The molecule has 0 aromatic heterocycles. The first-order valence-corrected chi connectivity index (χ1v) is 7.99. The quantitative estimate of drug-likeness (QED) is 0.762. The summed E-state index contributed by atoms with van der Waals surface area (Å²) < 4.78 is 6.76. The molecule has 3 rings (SSSR count). The molecule has 0 aliphatic heterocycles. The predicted octanol–water partition coefficient (Wildman–Crippen LogP) is 4.57. The van der Waals surface area contributed by atoms with Crippen molar-refractivity contribution >= 4 is 34.2 Å². The zero-order valence-electron chi connectivity index (χ0n) is 10.7. The summed E-state index contributed by atoms with van der Waals surface area (Å²) in [5.74, 6) is 0.820. The molecule has 1 aliphatic carbocycles. The van der Waals surface area contributed by atoms with Crippen LogP contribution in [-0.2, 0) is 0 Å². The smallest absolute Gasteiger partial charge is 0.120 e. The summed E-state index contributed by atoms with van der Waals surface area (Å²) in [7, 11) is 0. The van der Waals surface area contributed by atoms with E-state index < -0.39 is 6.10 Å². The third kappa shape index (κ3) is 3.27. The Balaban J connectivity index is 1.88. The average Bonchev–Trinajstić information content (AvgIpc) is 3.25. The van der Waals surface area contributed by atoms with Gasteiger partial charge in [0.2, 0.25) is 0 Å². The van der Waals surface area contributed by atoms with Crippen molar-refractivity contribution in [1.29, 1.82) is 0 Å². The molecule has 4 heteroatoms. The van der Waals surface area contributed by atoms with Crippen LogP contribution in [0.25, 0.3) is 0 Å². The molecule has 0 radical (unpaired) electrons. The van der Waals surface area contributed by atoms with Crippen LogP contribution in [0.4, 0.5) is 0 Å². The number of hydrogen-bond donors (Lipinski definition) is 1. The largest absolute Gasteiger partial charge is 0.490 e. The molecule has 0 amide bonds. The molecule has 0 heterocycles. The van der Waals surface area contributed by atoms with Gasteiger partial charge in [0, 0.05) is 8.59 Å². The molecule has 104 valence electrons. The molecular weight excluding hydrogens is 387 g/mol. The average molecular weight is 401 g/mol. The molecule has 2 aromatic rings. The van der Waals surface area contributed by atoms with E-state index >= 15 is 0 Å². The summed E-state index contributed by atoms with van der Waals surface area (Å²) in [5.41, 5.74) is 1.64. The first-order valence-electron chi connectivity index (χ1n) is 6.53. The molecule has 2 nitrogen and oxygen atoms in total. The van der Waals surface area contributed by atoms with Gasteiger partial charge in [-0.3, -0.25) is 0 Å². The highest BCUT2D eigenvalue weighted by Crippen LogP contribution is 2.32. The summed E-state index contributed by atoms with van der Waals surface area (Å²) in [4.78, 5) is 0. The van der Waals surface area contributed by atoms with Crippen LogP contribution < -0.4 is 4.74 Å². The van der Waals surface area contributed by atoms with E-state index in [0.717, 1.165) is 33.3 Å². The van der Waals surface area contributed by atoms with Crippen LogP contribution in [0.5, 0.6) is 5.75 Å². The predicted molar refractivity (Wildman–Crippen MR) is 88.3 cm³/mol. The van der Waals surface area contributed by atoms with E-state index in [-0.39, 0.29) is 0 Å². The third-order valence-corrected chi connectivity index (χ3v) is 4.47. The Kier molecular flexibility index (Phi) is 4.19. The highest BCUT2D eigenvalue weighted by Gasteiger charge is 2.24. The first-order chi connectivity index (χ1) is 9.63. The van der Waals surface area contributed by atoms with Gasteiger partial charge >= 0.3 is 0 Å². The molecule has 2 aromatic carbocycles. The van der Waals surface area contributed by atoms with Crippen molar-refractivity contribution in [3.63, 3.8) is 0 Å². The van der Waals surface area contributed by atoms with Crippen LogP contribution in [0.2, 0.25) is 5.02 Å². The topological polar surface area (TPSA) is 29.5 Å². The second kappa shape index (κ2) is 5.92. The van der Waals surface area contributed by atoms with Gasteiger partial charge in [0.1, 0.15) is 11.9 Å². The van der Waals surface area contributed by atoms with Gasteiger partial charge < -0.3 is 9.84 Å². The number of benzene rings is 2. The van der Waals surface area contributed by atoms with Crippen molar-refractivity contribution < 1.29 is 9.84 Å². The normalized spacial score (nSPS) is 15.9.